The third-order valence-corrected chi connectivity index (χ3v) is 4.99. The number of piperidine rings is 1. The molecule has 5 nitrogen and oxygen atoms in total. The van der Waals surface area contributed by atoms with Gasteiger partial charge in [-0.2, -0.15) is 0 Å². The van der Waals surface area contributed by atoms with Crippen molar-refractivity contribution >= 4 is 17.5 Å². The summed E-state index contributed by atoms with van der Waals surface area (Å²) in [5, 5.41) is 4.56. The van der Waals surface area contributed by atoms with Gasteiger partial charge in [0.1, 0.15) is 12.0 Å². The van der Waals surface area contributed by atoms with Crippen molar-refractivity contribution in [3.63, 3.8) is 0 Å². The molecule has 1 aromatic carbocycles. The number of hydrogen-bond acceptors (Lipinski definition) is 4. The van der Waals surface area contributed by atoms with Gasteiger partial charge >= 0.3 is 0 Å². The van der Waals surface area contributed by atoms with E-state index in [1.165, 1.54) is 0 Å². The van der Waals surface area contributed by atoms with E-state index in [1.54, 1.807) is 18.4 Å². The minimum absolute atomic E-state index is 0.0105. The van der Waals surface area contributed by atoms with Crippen LogP contribution in [0.5, 0.6) is 0 Å². The first-order chi connectivity index (χ1) is 11.6. The maximum Gasteiger partial charge on any atom is 0.255 e. The molecule has 2 aromatic rings. The zero-order valence-electron chi connectivity index (χ0n) is 14.0. The minimum Gasteiger partial charge on any atom is -0.364 e. The number of halogens is 1. The van der Waals surface area contributed by atoms with Crippen molar-refractivity contribution in [1.29, 1.82) is 0 Å². The molecule has 1 aromatic heterocycles. The second-order valence-corrected chi connectivity index (χ2v) is 6.79. The molecular formula is C18H22ClN3O2. The lowest BCUT2D eigenvalue weighted by Gasteiger charge is -2.37. The first-order valence-corrected chi connectivity index (χ1v) is 8.58. The monoisotopic (exact) mass is 347 g/mol. The molecule has 0 radical (unpaired) electrons. The van der Waals surface area contributed by atoms with Crippen LogP contribution in [0.3, 0.4) is 0 Å². The third kappa shape index (κ3) is 3.62. The number of aryl methyl sites for hydroxylation is 1. The second-order valence-electron chi connectivity index (χ2n) is 6.39. The Kier molecular flexibility index (Phi) is 5.21. The summed E-state index contributed by atoms with van der Waals surface area (Å²) < 4.78 is 5.01. The van der Waals surface area contributed by atoms with Gasteiger partial charge in [0.15, 0.2) is 0 Å². The van der Waals surface area contributed by atoms with E-state index in [2.05, 4.69) is 17.1 Å². The number of amides is 1. The van der Waals surface area contributed by atoms with Crippen molar-refractivity contribution in [2.75, 3.05) is 20.1 Å². The van der Waals surface area contributed by atoms with Gasteiger partial charge < -0.3 is 9.42 Å². The standard InChI is InChI=1S/C18H22ClN3O2/c1-13-12-24-20-17(13)11-21(2)14-6-5-9-22(10-14)18(23)15-7-3-4-8-16(15)19/h3-4,7-8,12,14H,5-6,9-11H2,1-2H3. The average molecular weight is 348 g/mol. The molecular weight excluding hydrogens is 326 g/mol. The van der Waals surface area contributed by atoms with Gasteiger partial charge in [0.2, 0.25) is 0 Å². The van der Waals surface area contributed by atoms with Gasteiger partial charge in [-0.3, -0.25) is 9.69 Å². The summed E-state index contributed by atoms with van der Waals surface area (Å²) in [5.74, 6) is 0.0105. The average Bonchev–Trinajstić information content (AvgIpc) is 2.99. The second kappa shape index (κ2) is 7.36. The Morgan fingerprint density at radius 2 is 2.25 bits per heavy atom. The number of carbonyl (C=O) groups excluding carboxylic acids is 1. The fourth-order valence-corrected chi connectivity index (χ4v) is 3.35. The number of carbonyl (C=O) groups is 1. The van der Waals surface area contributed by atoms with E-state index >= 15 is 0 Å². The molecule has 1 atom stereocenters. The maximum absolute atomic E-state index is 12.8. The maximum atomic E-state index is 12.8. The lowest BCUT2D eigenvalue weighted by Crippen LogP contribution is -2.48. The normalized spacial score (nSPS) is 18.2. The molecule has 1 unspecified atom stereocenters. The van der Waals surface area contributed by atoms with Crippen LogP contribution < -0.4 is 0 Å². The number of aromatic nitrogens is 1. The molecule has 1 saturated heterocycles. The van der Waals surface area contributed by atoms with Crippen molar-refractivity contribution in [2.45, 2.75) is 32.4 Å². The van der Waals surface area contributed by atoms with E-state index in [0.29, 0.717) is 23.2 Å². The fraction of sp³-hybridized carbons (Fsp3) is 0.444. The van der Waals surface area contributed by atoms with Crippen LogP contribution in [0, 0.1) is 6.92 Å². The Labute approximate surface area is 147 Å². The third-order valence-electron chi connectivity index (χ3n) is 4.66. The summed E-state index contributed by atoms with van der Waals surface area (Å²) in [4.78, 5) is 16.9. The minimum atomic E-state index is 0.0105. The summed E-state index contributed by atoms with van der Waals surface area (Å²) in [5.41, 5.74) is 2.59. The highest BCUT2D eigenvalue weighted by molar-refractivity contribution is 6.33. The van der Waals surface area contributed by atoms with Crippen molar-refractivity contribution in [2.24, 2.45) is 0 Å². The summed E-state index contributed by atoms with van der Waals surface area (Å²) >= 11 is 6.17. The number of benzene rings is 1. The quantitative estimate of drug-likeness (QED) is 0.850. The van der Waals surface area contributed by atoms with E-state index in [1.807, 2.05) is 24.0 Å². The van der Waals surface area contributed by atoms with Crippen molar-refractivity contribution in [3.8, 4) is 0 Å². The van der Waals surface area contributed by atoms with E-state index in [9.17, 15) is 4.79 Å². The Hall–Kier alpha value is -1.85. The van der Waals surface area contributed by atoms with E-state index in [4.69, 9.17) is 16.1 Å². The molecule has 0 spiro atoms. The first-order valence-electron chi connectivity index (χ1n) is 8.20. The predicted octanol–water partition coefficient (Wildman–Crippen LogP) is 3.37. The number of likely N-dealkylation sites (tertiary alicyclic amines) is 1. The summed E-state index contributed by atoms with van der Waals surface area (Å²) in [6.07, 6.45) is 3.72. The Morgan fingerprint density at radius 3 is 2.96 bits per heavy atom. The molecule has 0 N–H and O–H groups in total. The van der Waals surface area contributed by atoms with Gasteiger partial charge in [0.05, 0.1) is 10.6 Å². The van der Waals surface area contributed by atoms with Crippen LogP contribution in [0.1, 0.15) is 34.5 Å². The van der Waals surface area contributed by atoms with Gasteiger partial charge in [-0.25, -0.2) is 0 Å². The topological polar surface area (TPSA) is 49.6 Å². The van der Waals surface area contributed by atoms with E-state index < -0.39 is 0 Å². The Bertz CT molecular complexity index is 716. The molecule has 3 rings (SSSR count). The predicted molar refractivity (Wildman–Crippen MR) is 93.1 cm³/mol. The number of nitrogens with zero attached hydrogens (tertiary/aromatic N) is 3. The molecule has 0 bridgehead atoms. The zero-order chi connectivity index (χ0) is 17.1. The molecule has 2 heterocycles. The zero-order valence-corrected chi connectivity index (χ0v) is 14.8. The molecule has 128 valence electrons. The van der Waals surface area contributed by atoms with Gasteiger partial charge in [-0.15, -0.1) is 0 Å². The molecule has 1 fully saturated rings. The highest BCUT2D eigenvalue weighted by atomic mass is 35.5. The number of hydrogen-bond donors (Lipinski definition) is 0. The highest BCUT2D eigenvalue weighted by Gasteiger charge is 2.28. The molecule has 1 aliphatic rings. The van der Waals surface area contributed by atoms with Crippen molar-refractivity contribution < 1.29 is 9.32 Å². The van der Waals surface area contributed by atoms with Crippen molar-refractivity contribution in [3.05, 3.63) is 52.4 Å². The molecule has 1 aliphatic heterocycles. The summed E-state index contributed by atoms with van der Waals surface area (Å²) in [6.45, 7) is 4.20. The van der Waals surface area contributed by atoms with Crippen LogP contribution in [0.15, 0.2) is 35.1 Å². The van der Waals surface area contributed by atoms with Crippen LogP contribution in [-0.2, 0) is 6.54 Å². The van der Waals surface area contributed by atoms with Crippen LogP contribution in [-0.4, -0.2) is 47.0 Å². The summed E-state index contributed by atoms with van der Waals surface area (Å²) in [7, 11) is 2.07. The molecule has 0 saturated carbocycles. The Morgan fingerprint density at radius 1 is 1.46 bits per heavy atom. The van der Waals surface area contributed by atoms with Gasteiger partial charge in [-0.05, 0) is 38.9 Å². The number of likely N-dealkylation sites (N-methyl/N-ethyl adjacent to an activating group) is 1. The molecule has 0 aliphatic carbocycles. The Balaban J connectivity index is 1.67. The van der Waals surface area contributed by atoms with Crippen LogP contribution >= 0.6 is 11.6 Å². The highest BCUT2D eigenvalue weighted by Crippen LogP contribution is 2.22. The molecule has 6 heteroatoms. The molecule has 1 amide bonds. The lowest BCUT2D eigenvalue weighted by molar-refractivity contribution is 0.0599. The summed E-state index contributed by atoms with van der Waals surface area (Å²) in [6, 6.07) is 7.54. The van der Waals surface area contributed by atoms with Gasteiger partial charge in [-0.1, -0.05) is 28.9 Å². The number of rotatable bonds is 4. The van der Waals surface area contributed by atoms with Crippen LogP contribution in [0.4, 0.5) is 0 Å². The van der Waals surface area contributed by atoms with Gasteiger partial charge in [0.25, 0.3) is 5.91 Å². The van der Waals surface area contributed by atoms with Crippen LogP contribution in [0.2, 0.25) is 5.02 Å². The first kappa shape index (κ1) is 17.0. The molecule has 24 heavy (non-hydrogen) atoms. The SMILES string of the molecule is Cc1conc1CN(C)C1CCCN(C(=O)c2ccccc2Cl)C1. The lowest BCUT2D eigenvalue weighted by atomic mass is 10.0. The van der Waals surface area contributed by atoms with E-state index in [0.717, 1.165) is 37.2 Å². The van der Waals surface area contributed by atoms with Gasteiger partial charge in [0, 0.05) is 31.2 Å². The largest absolute Gasteiger partial charge is 0.364 e. The van der Waals surface area contributed by atoms with E-state index in [-0.39, 0.29) is 5.91 Å². The van der Waals surface area contributed by atoms with Crippen LogP contribution in [0.25, 0.3) is 0 Å². The fourth-order valence-electron chi connectivity index (χ4n) is 3.13. The van der Waals surface area contributed by atoms with Crippen molar-refractivity contribution in [1.82, 2.24) is 15.0 Å². The smallest absolute Gasteiger partial charge is 0.255 e.